The van der Waals surface area contributed by atoms with E-state index in [1.807, 2.05) is 12.1 Å². The zero-order chi connectivity index (χ0) is 12.4. The lowest BCUT2D eigenvalue weighted by Gasteiger charge is -2.05. The van der Waals surface area contributed by atoms with Crippen molar-refractivity contribution in [2.45, 2.75) is 26.7 Å². The van der Waals surface area contributed by atoms with Crippen molar-refractivity contribution in [3.63, 3.8) is 0 Å². The molecule has 0 aliphatic heterocycles. The molecule has 1 aromatic heterocycles. The number of rotatable bonds is 4. The molecule has 0 radical (unpaired) electrons. The van der Waals surface area contributed by atoms with Crippen LogP contribution < -0.4 is 0 Å². The van der Waals surface area contributed by atoms with Gasteiger partial charge in [0.25, 0.3) is 0 Å². The van der Waals surface area contributed by atoms with E-state index >= 15 is 0 Å². The molecule has 0 spiro atoms. The summed E-state index contributed by atoms with van der Waals surface area (Å²) in [5, 5.41) is 0.638. The Morgan fingerprint density at radius 1 is 1.35 bits per heavy atom. The van der Waals surface area contributed by atoms with E-state index in [1.54, 1.807) is 6.26 Å². The second-order valence-corrected chi connectivity index (χ2v) is 5.11. The topological polar surface area (TPSA) is 30.2 Å². The molecule has 0 aliphatic carbocycles. The van der Waals surface area contributed by atoms with Crippen LogP contribution in [0.25, 0.3) is 11.0 Å². The van der Waals surface area contributed by atoms with Crippen molar-refractivity contribution in [1.29, 1.82) is 0 Å². The summed E-state index contributed by atoms with van der Waals surface area (Å²) in [5.41, 5.74) is 2.94. The second-order valence-electron chi connectivity index (χ2n) is 4.68. The minimum atomic E-state index is -0.359. The van der Waals surface area contributed by atoms with Gasteiger partial charge in [0.05, 0.1) is 12.7 Å². The summed E-state index contributed by atoms with van der Waals surface area (Å²) < 4.78 is 5.57. The van der Waals surface area contributed by atoms with E-state index in [1.165, 1.54) is 5.56 Å². The molecule has 2 nitrogen and oxygen atoms in total. The minimum absolute atomic E-state index is 0.222. The summed E-state index contributed by atoms with van der Waals surface area (Å²) in [7, 11) is 0. The molecule has 1 aromatic carbocycles. The highest BCUT2D eigenvalue weighted by molar-refractivity contribution is 6.63. The van der Waals surface area contributed by atoms with Crippen molar-refractivity contribution in [2.75, 3.05) is 0 Å². The fourth-order valence-electron chi connectivity index (χ4n) is 2.06. The highest BCUT2D eigenvalue weighted by Crippen LogP contribution is 2.26. The Balaban J connectivity index is 2.45. The molecule has 0 fully saturated rings. The van der Waals surface area contributed by atoms with Gasteiger partial charge in [0.15, 0.2) is 0 Å². The first-order valence-electron chi connectivity index (χ1n) is 5.74. The number of carbonyl (C=O) groups is 1. The normalized spacial score (nSPS) is 11.3. The molecule has 0 saturated carbocycles. The fourth-order valence-corrected chi connectivity index (χ4v) is 2.20. The molecule has 0 bridgehead atoms. The molecule has 0 aliphatic rings. The SMILES string of the molecule is CC(C)Cc1cccc2c(CC(=O)Cl)coc12. The quantitative estimate of drug-likeness (QED) is 0.770. The third kappa shape index (κ3) is 2.70. The van der Waals surface area contributed by atoms with Gasteiger partial charge in [-0.2, -0.15) is 0 Å². The largest absolute Gasteiger partial charge is 0.464 e. The molecule has 1 heterocycles. The van der Waals surface area contributed by atoms with Crippen LogP contribution >= 0.6 is 11.6 Å². The number of hydrogen-bond donors (Lipinski definition) is 0. The number of benzene rings is 1. The zero-order valence-corrected chi connectivity index (χ0v) is 10.8. The van der Waals surface area contributed by atoms with Gasteiger partial charge in [0.1, 0.15) is 5.58 Å². The maximum Gasteiger partial charge on any atom is 0.226 e. The number of para-hydroxylation sites is 1. The summed E-state index contributed by atoms with van der Waals surface area (Å²) in [6, 6.07) is 6.04. The van der Waals surface area contributed by atoms with E-state index in [2.05, 4.69) is 19.9 Å². The van der Waals surface area contributed by atoms with E-state index in [4.69, 9.17) is 16.0 Å². The average Bonchev–Trinajstić information content (AvgIpc) is 2.61. The van der Waals surface area contributed by atoms with Crippen LogP contribution in [0.3, 0.4) is 0 Å². The number of fused-ring (bicyclic) bond motifs is 1. The molecule has 3 heteroatoms. The van der Waals surface area contributed by atoms with Gasteiger partial charge in [-0.1, -0.05) is 32.0 Å². The van der Waals surface area contributed by atoms with Crippen LogP contribution in [-0.2, 0) is 17.6 Å². The van der Waals surface area contributed by atoms with Crippen molar-refractivity contribution in [2.24, 2.45) is 5.92 Å². The van der Waals surface area contributed by atoms with Crippen molar-refractivity contribution >= 4 is 27.8 Å². The Morgan fingerprint density at radius 2 is 2.12 bits per heavy atom. The van der Waals surface area contributed by atoms with Crippen LogP contribution in [0.1, 0.15) is 25.0 Å². The van der Waals surface area contributed by atoms with Gasteiger partial charge in [-0.05, 0) is 29.5 Å². The summed E-state index contributed by atoms with van der Waals surface area (Å²) in [5.74, 6) is 0.573. The maximum absolute atomic E-state index is 10.9. The molecule has 17 heavy (non-hydrogen) atoms. The highest BCUT2D eigenvalue weighted by atomic mass is 35.5. The molecule has 2 rings (SSSR count). The number of hydrogen-bond acceptors (Lipinski definition) is 2. The molecule has 0 N–H and O–H groups in total. The first kappa shape index (κ1) is 12.2. The molecule has 2 aromatic rings. The summed E-state index contributed by atoms with van der Waals surface area (Å²) in [6.45, 7) is 4.34. The van der Waals surface area contributed by atoms with Crippen LogP contribution in [0.5, 0.6) is 0 Å². The Morgan fingerprint density at radius 3 is 2.76 bits per heavy atom. The third-order valence-corrected chi connectivity index (χ3v) is 2.85. The highest BCUT2D eigenvalue weighted by Gasteiger charge is 2.12. The van der Waals surface area contributed by atoms with Crippen LogP contribution in [0.15, 0.2) is 28.9 Å². The fraction of sp³-hybridized carbons (Fsp3) is 0.357. The van der Waals surface area contributed by atoms with Gasteiger partial charge in [-0.25, -0.2) is 0 Å². The molecule has 0 saturated heterocycles. The lowest BCUT2D eigenvalue weighted by molar-refractivity contribution is -0.111. The van der Waals surface area contributed by atoms with Gasteiger partial charge < -0.3 is 4.42 Å². The van der Waals surface area contributed by atoms with Gasteiger partial charge >= 0.3 is 0 Å². The number of furan rings is 1. The minimum Gasteiger partial charge on any atom is -0.464 e. The van der Waals surface area contributed by atoms with Crippen LogP contribution in [0, 0.1) is 5.92 Å². The Labute approximate surface area is 106 Å². The molecular weight excluding hydrogens is 236 g/mol. The Bertz CT molecular complexity index is 540. The summed E-state index contributed by atoms with van der Waals surface area (Å²) in [6.07, 6.45) is 2.83. The molecule has 0 unspecified atom stereocenters. The first-order chi connectivity index (χ1) is 8.08. The third-order valence-electron chi connectivity index (χ3n) is 2.72. The Hall–Kier alpha value is -1.28. The lowest BCUT2D eigenvalue weighted by atomic mass is 10.00. The van der Waals surface area contributed by atoms with Gasteiger partial charge in [-0.15, -0.1) is 0 Å². The van der Waals surface area contributed by atoms with Gasteiger partial charge in [0.2, 0.25) is 5.24 Å². The smallest absolute Gasteiger partial charge is 0.226 e. The Kier molecular flexibility index (Phi) is 3.53. The second kappa shape index (κ2) is 4.92. The van der Waals surface area contributed by atoms with E-state index in [0.717, 1.165) is 23.0 Å². The van der Waals surface area contributed by atoms with E-state index in [0.29, 0.717) is 5.92 Å². The molecule has 0 atom stereocenters. The predicted molar refractivity (Wildman–Crippen MR) is 69.3 cm³/mol. The molecular formula is C14H15ClO2. The van der Waals surface area contributed by atoms with Crippen LogP contribution in [0.2, 0.25) is 0 Å². The maximum atomic E-state index is 10.9. The zero-order valence-electron chi connectivity index (χ0n) is 10.00. The van der Waals surface area contributed by atoms with Crippen molar-refractivity contribution in [1.82, 2.24) is 0 Å². The number of halogens is 1. The summed E-state index contributed by atoms with van der Waals surface area (Å²) in [4.78, 5) is 10.9. The lowest BCUT2D eigenvalue weighted by Crippen LogP contribution is -1.95. The standard InChI is InChI=1S/C14H15ClO2/c1-9(2)6-10-4-3-5-12-11(7-13(15)16)8-17-14(10)12/h3-5,8-9H,6-7H2,1-2H3. The van der Waals surface area contributed by atoms with Gasteiger partial charge in [0, 0.05) is 10.9 Å². The monoisotopic (exact) mass is 250 g/mol. The van der Waals surface area contributed by atoms with Crippen molar-refractivity contribution < 1.29 is 9.21 Å². The average molecular weight is 251 g/mol. The molecule has 0 amide bonds. The summed E-state index contributed by atoms with van der Waals surface area (Å²) >= 11 is 5.41. The van der Waals surface area contributed by atoms with Crippen LogP contribution in [0.4, 0.5) is 0 Å². The van der Waals surface area contributed by atoms with E-state index < -0.39 is 0 Å². The molecule has 90 valence electrons. The first-order valence-corrected chi connectivity index (χ1v) is 6.12. The van der Waals surface area contributed by atoms with Crippen LogP contribution in [-0.4, -0.2) is 5.24 Å². The van der Waals surface area contributed by atoms with E-state index in [-0.39, 0.29) is 11.7 Å². The van der Waals surface area contributed by atoms with Gasteiger partial charge in [-0.3, -0.25) is 4.79 Å². The van der Waals surface area contributed by atoms with Crippen molar-refractivity contribution in [3.05, 3.63) is 35.6 Å². The van der Waals surface area contributed by atoms with Crippen molar-refractivity contribution in [3.8, 4) is 0 Å². The van der Waals surface area contributed by atoms with E-state index in [9.17, 15) is 4.79 Å². The predicted octanol–water partition coefficient (Wildman–Crippen LogP) is 3.94. The number of carbonyl (C=O) groups excluding carboxylic acids is 1.